The number of rotatable bonds is 7. The van der Waals surface area contributed by atoms with Crippen LogP contribution in [0.5, 0.6) is 0 Å². The summed E-state index contributed by atoms with van der Waals surface area (Å²) in [6.45, 7) is 5.55. The second-order valence-corrected chi connectivity index (χ2v) is 6.79. The lowest BCUT2D eigenvalue weighted by molar-refractivity contribution is -0.135. The molecule has 1 saturated carbocycles. The fraction of sp³-hybridized carbons (Fsp3) is 0.524. The van der Waals surface area contributed by atoms with E-state index in [0.717, 1.165) is 19.3 Å². The second kappa shape index (κ2) is 10.7. The predicted molar refractivity (Wildman–Crippen MR) is 111 cm³/mol. The first kappa shape index (κ1) is 22.5. The molecule has 158 valence electrons. The molecule has 0 aromatic carbocycles. The lowest BCUT2D eigenvalue weighted by atomic mass is 10.1. The van der Waals surface area contributed by atoms with E-state index in [2.05, 4.69) is 20.8 Å². The van der Waals surface area contributed by atoms with Crippen molar-refractivity contribution >= 4 is 29.8 Å². The minimum absolute atomic E-state index is 0.0760. The van der Waals surface area contributed by atoms with Gasteiger partial charge in [-0.1, -0.05) is 19.1 Å². The number of ether oxygens (including phenoxy) is 2. The van der Waals surface area contributed by atoms with E-state index in [0.29, 0.717) is 34.2 Å². The first-order chi connectivity index (χ1) is 14.0. The third kappa shape index (κ3) is 5.63. The molecular weight excluding hydrogens is 372 g/mol. The molecule has 1 aromatic rings. The van der Waals surface area contributed by atoms with Crippen LogP contribution in [0.25, 0.3) is 12.2 Å². The predicted octanol–water partition coefficient (Wildman–Crippen LogP) is 0.997. The summed E-state index contributed by atoms with van der Waals surface area (Å²) in [4.78, 5) is 33.5. The molecule has 8 nitrogen and oxygen atoms in total. The Kier molecular flexibility index (Phi) is 8.33. The van der Waals surface area contributed by atoms with Gasteiger partial charge in [-0.2, -0.15) is 0 Å². The average molecular weight is 402 g/mol. The van der Waals surface area contributed by atoms with Gasteiger partial charge in [-0.15, -0.1) is 0 Å². The summed E-state index contributed by atoms with van der Waals surface area (Å²) in [7, 11) is 3.01. The van der Waals surface area contributed by atoms with Crippen molar-refractivity contribution in [2.45, 2.75) is 52.6 Å². The van der Waals surface area contributed by atoms with Gasteiger partial charge >= 0.3 is 5.97 Å². The van der Waals surface area contributed by atoms with Crippen molar-refractivity contribution in [1.82, 2.24) is 15.4 Å². The van der Waals surface area contributed by atoms with Crippen LogP contribution in [0, 0.1) is 5.92 Å². The summed E-state index contributed by atoms with van der Waals surface area (Å²) in [5.41, 5.74) is 6.76. The minimum Gasteiger partial charge on any atom is -0.465 e. The Bertz CT molecular complexity index is 895. The van der Waals surface area contributed by atoms with E-state index in [1.165, 1.54) is 7.11 Å². The minimum atomic E-state index is -0.435. The van der Waals surface area contributed by atoms with Crippen LogP contribution in [0.2, 0.25) is 0 Å². The number of esters is 1. The van der Waals surface area contributed by atoms with Crippen molar-refractivity contribution < 1.29 is 19.1 Å². The number of aryl methyl sites for hydroxylation is 1. The molecule has 0 bridgehead atoms. The Labute approximate surface area is 171 Å². The molecule has 0 radical (unpaired) electrons. The molecule has 2 rings (SSSR count). The molecule has 29 heavy (non-hydrogen) atoms. The Hall–Kier alpha value is -2.74. The number of anilines is 1. The number of nitrogens with one attached hydrogen (secondary N) is 2. The first-order valence-electron chi connectivity index (χ1n) is 9.85. The van der Waals surface area contributed by atoms with Crippen LogP contribution in [0.15, 0.2) is 11.6 Å². The van der Waals surface area contributed by atoms with Crippen molar-refractivity contribution in [3.63, 3.8) is 0 Å². The molecule has 0 aliphatic heterocycles. The third-order valence-corrected chi connectivity index (χ3v) is 5.05. The van der Waals surface area contributed by atoms with Crippen LogP contribution in [-0.4, -0.2) is 42.2 Å². The number of allylic oxidation sites excluding steroid dienone is 1. The Balaban J connectivity index is 2.26. The van der Waals surface area contributed by atoms with Crippen LogP contribution >= 0.6 is 0 Å². The van der Waals surface area contributed by atoms with Crippen molar-refractivity contribution in [3.05, 3.63) is 28.0 Å². The molecule has 2 atom stereocenters. The lowest BCUT2D eigenvalue weighted by Crippen LogP contribution is -2.39. The van der Waals surface area contributed by atoms with Crippen LogP contribution in [0.4, 0.5) is 5.82 Å². The fourth-order valence-electron chi connectivity index (χ4n) is 3.30. The van der Waals surface area contributed by atoms with E-state index < -0.39 is 5.97 Å². The molecule has 1 amide bonds. The lowest BCUT2D eigenvalue weighted by Gasteiger charge is -2.14. The van der Waals surface area contributed by atoms with Gasteiger partial charge in [0.1, 0.15) is 0 Å². The zero-order valence-electron chi connectivity index (χ0n) is 17.7. The maximum Gasteiger partial charge on any atom is 0.337 e. The summed E-state index contributed by atoms with van der Waals surface area (Å²) in [5, 5.41) is 1.17. The van der Waals surface area contributed by atoms with Crippen molar-refractivity contribution in [2.24, 2.45) is 5.92 Å². The quantitative estimate of drug-likeness (QED) is 0.398. The molecule has 1 aliphatic carbocycles. The van der Waals surface area contributed by atoms with E-state index in [9.17, 15) is 9.59 Å². The summed E-state index contributed by atoms with van der Waals surface area (Å²) in [6.07, 6.45) is 8.28. The van der Waals surface area contributed by atoms with Gasteiger partial charge in [0.2, 0.25) is 5.91 Å². The Morgan fingerprint density at radius 1 is 1.17 bits per heavy atom. The number of aromatic nitrogens is 2. The van der Waals surface area contributed by atoms with Gasteiger partial charge in [0.05, 0.1) is 35.2 Å². The molecule has 1 aromatic heterocycles. The van der Waals surface area contributed by atoms with Gasteiger partial charge in [-0.05, 0) is 45.6 Å². The smallest absolute Gasteiger partial charge is 0.337 e. The number of carbonyl (C=O) groups is 2. The van der Waals surface area contributed by atoms with Crippen LogP contribution in [0.3, 0.4) is 0 Å². The van der Waals surface area contributed by atoms with E-state index in [1.807, 2.05) is 13.8 Å². The molecule has 0 saturated heterocycles. The number of amides is 1. The highest BCUT2D eigenvalue weighted by Crippen LogP contribution is 2.27. The van der Waals surface area contributed by atoms with Crippen LogP contribution in [0.1, 0.15) is 45.7 Å². The van der Waals surface area contributed by atoms with Gasteiger partial charge < -0.3 is 9.47 Å². The molecule has 1 aliphatic rings. The highest BCUT2D eigenvalue weighted by molar-refractivity contribution is 5.97. The van der Waals surface area contributed by atoms with Crippen molar-refractivity contribution in [2.75, 3.05) is 19.6 Å². The van der Waals surface area contributed by atoms with Gasteiger partial charge in [0, 0.05) is 13.0 Å². The summed E-state index contributed by atoms with van der Waals surface area (Å²) in [6, 6.07) is 0. The standard InChI is InChI=1S/C21H30N4O4/c1-6-13(21(27)29-5)12-18-16(7-2)23-19(17(8-3)22-18)24-25-20(26)14-9-10-15(11-14)28-4/h6-7,12,14-15H,8-11H2,1-5H3,(H,23,24)(H,25,26)/b13-6+,16-7+,18-12+. The van der Waals surface area contributed by atoms with E-state index in [1.54, 1.807) is 32.3 Å². The van der Waals surface area contributed by atoms with Gasteiger partial charge in [-0.3, -0.25) is 15.6 Å². The van der Waals surface area contributed by atoms with E-state index >= 15 is 0 Å². The van der Waals surface area contributed by atoms with E-state index in [-0.39, 0.29) is 17.9 Å². The Morgan fingerprint density at radius 3 is 2.48 bits per heavy atom. The maximum atomic E-state index is 12.4. The number of hydrogen-bond acceptors (Lipinski definition) is 7. The normalized spacial score (nSPS) is 20.7. The number of methoxy groups -OCH3 is 2. The van der Waals surface area contributed by atoms with Gasteiger partial charge in [-0.25, -0.2) is 14.8 Å². The van der Waals surface area contributed by atoms with Gasteiger partial charge in [0.25, 0.3) is 0 Å². The molecule has 2 N–H and O–H groups in total. The molecule has 2 unspecified atom stereocenters. The monoisotopic (exact) mass is 402 g/mol. The van der Waals surface area contributed by atoms with Crippen LogP contribution < -0.4 is 21.5 Å². The first-order valence-corrected chi connectivity index (χ1v) is 9.85. The number of hydrogen-bond donors (Lipinski definition) is 2. The SMILES string of the molecule is C\C=C(/C=c1/nc(CC)c(NNC(=O)C2CCC(OC)C2)n/c1=C/C)C(=O)OC. The van der Waals surface area contributed by atoms with Gasteiger partial charge in [0.15, 0.2) is 5.82 Å². The zero-order chi connectivity index (χ0) is 21.4. The molecular formula is C21H30N4O4. The van der Waals surface area contributed by atoms with Crippen molar-refractivity contribution in [1.29, 1.82) is 0 Å². The van der Waals surface area contributed by atoms with Crippen molar-refractivity contribution in [3.8, 4) is 0 Å². The van der Waals surface area contributed by atoms with Crippen LogP contribution in [-0.2, 0) is 25.5 Å². The topological polar surface area (TPSA) is 102 Å². The number of hydrazine groups is 1. The molecule has 8 heteroatoms. The molecule has 0 spiro atoms. The summed E-state index contributed by atoms with van der Waals surface area (Å²) in [5.74, 6) is -0.0946. The average Bonchev–Trinajstić information content (AvgIpc) is 3.24. The molecule has 1 heterocycles. The number of nitrogens with zero attached hydrogens (tertiary/aromatic N) is 2. The number of carbonyl (C=O) groups excluding carboxylic acids is 2. The Morgan fingerprint density at radius 2 is 1.93 bits per heavy atom. The zero-order valence-corrected chi connectivity index (χ0v) is 17.7. The molecule has 1 fully saturated rings. The third-order valence-electron chi connectivity index (χ3n) is 5.05. The van der Waals surface area contributed by atoms with E-state index in [4.69, 9.17) is 9.47 Å². The summed E-state index contributed by atoms with van der Waals surface area (Å²) < 4.78 is 10.1. The highest BCUT2D eigenvalue weighted by atomic mass is 16.5. The highest BCUT2D eigenvalue weighted by Gasteiger charge is 2.29. The summed E-state index contributed by atoms with van der Waals surface area (Å²) >= 11 is 0. The second-order valence-electron chi connectivity index (χ2n) is 6.79. The largest absolute Gasteiger partial charge is 0.465 e. The fourth-order valence-corrected chi connectivity index (χ4v) is 3.30. The maximum absolute atomic E-state index is 12.4.